The van der Waals surface area contributed by atoms with Gasteiger partial charge in [0.1, 0.15) is 0 Å². The third-order valence-electron chi connectivity index (χ3n) is 5.09. The van der Waals surface area contributed by atoms with E-state index in [-0.39, 0.29) is 29.3 Å². The van der Waals surface area contributed by atoms with E-state index in [2.05, 4.69) is 10.0 Å². The normalized spacial score (nSPS) is 15.5. The first-order valence-corrected chi connectivity index (χ1v) is 10.5. The van der Waals surface area contributed by atoms with Crippen molar-refractivity contribution in [2.75, 3.05) is 6.54 Å². The van der Waals surface area contributed by atoms with Gasteiger partial charge in [-0.1, -0.05) is 32.8 Å². The summed E-state index contributed by atoms with van der Waals surface area (Å²) in [5.41, 5.74) is 6.07. The molecule has 1 fully saturated rings. The second-order valence-electron chi connectivity index (χ2n) is 6.88. The number of hydrogen-bond donors (Lipinski definition) is 3. The zero-order valence-electron chi connectivity index (χ0n) is 15.5. The first-order valence-electron chi connectivity index (χ1n) is 8.99. The van der Waals surface area contributed by atoms with Crippen molar-refractivity contribution in [2.24, 2.45) is 5.73 Å². The fourth-order valence-electron chi connectivity index (χ4n) is 2.99. The summed E-state index contributed by atoms with van der Waals surface area (Å²) in [6.07, 6.45) is 5.34. The number of sulfonamides is 1. The molecule has 6 nitrogen and oxygen atoms in total. The first kappa shape index (κ1) is 22.9. The minimum Gasteiger partial charge on any atom is -0.350 e. The Kier molecular flexibility index (Phi) is 8.53. The summed E-state index contributed by atoms with van der Waals surface area (Å²) in [4.78, 5) is 12.5. The number of rotatable bonds is 8. The third kappa shape index (κ3) is 5.94. The van der Waals surface area contributed by atoms with Crippen LogP contribution in [0.3, 0.4) is 0 Å². The second kappa shape index (κ2) is 9.69. The summed E-state index contributed by atoms with van der Waals surface area (Å²) < 4.78 is 27.8. The van der Waals surface area contributed by atoms with Crippen molar-refractivity contribution in [3.63, 3.8) is 0 Å². The molecule has 1 saturated carbocycles. The molecule has 1 aromatic carbocycles. The van der Waals surface area contributed by atoms with E-state index in [1.165, 1.54) is 12.1 Å². The SMILES string of the molecule is CCC(N)(CC)CNC(=O)c1cccc(S(=O)(=O)NC2CCCC2)c1.Cl. The van der Waals surface area contributed by atoms with Gasteiger partial charge >= 0.3 is 0 Å². The van der Waals surface area contributed by atoms with Gasteiger partial charge in [0.2, 0.25) is 10.0 Å². The molecule has 1 aliphatic rings. The molecule has 148 valence electrons. The minimum absolute atomic E-state index is 0. The van der Waals surface area contributed by atoms with E-state index in [0.29, 0.717) is 12.1 Å². The predicted octanol–water partition coefficient (Wildman–Crippen LogP) is 2.58. The lowest BCUT2D eigenvalue weighted by Crippen LogP contribution is -2.49. The van der Waals surface area contributed by atoms with Gasteiger partial charge in [0.15, 0.2) is 0 Å². The van der Waals surface area contributed by atoms with Crippen molar-refractivity contribution in [1.82, 2.24) is 10.0 Å². The Labute approximate surface area is 162 Å². The number of benzene rings is 1. The molecule has 26 heavy (non-hydrogen) atoms. The number of amides is 1. The first-order chi connectivity index (χ1) is 11.8. The smallest absolute Gasteiger partial charge is 0.251 e. The molecule has 0 aliphatic heterocycles. The van der Waals surface area contributed by atoms with Crippen LogP contribution in [0.25, 0.3) is 0 Å². The van der Waals surface area contributed by atoms with E-state index in [4.69, 9.17) is 5.73 Å². The zero-order valence-corrected chi connectivity index (χ0v) is 17.1. The quantitative estimate of drug-likeness (QED) is 0.620. The van der Waals surface area contributed by atoms with Crippen molar-refractivity contribution in [2.45, 2.75) is 68.8 Å². The molecule has 1 aliphatic carbocycles. The maximum Gasteiger partial charge on any atom is 0.251 e. The van der Waals surface area contributed by atoms with Gasteiger partial charge in [-0.25, -0.2) is 13.1 Å². The molecule has 1 amide bonds. The lowest BCUT2D eigenvalue weighted by atomic mass is 9.94. The van der Waals surface area contributed by atoms with Crippen LogP contribution in [0.5, 0.6) is 0 Å². The van der Waals surface area contributed by atoms with Crippen molar-refractivity contribution >= 4 is 28.3 Å². The second-order valence-corrected chi connectivity index (χ2v) is 8.60. The van der Waals surface area contributed by atoms with Crippen LogP contribution >= 0.6 is 12.4 Å². The fourth-order valence-corrected chi connectivity index (χ4v) is 4.34. The van der Waals surface area contributed by atoms with E-state index in [9.17, 15) is 13.2 Å². The Morgan fingerprint density at radius 1 is 1.23 bits per heavy atom. The highest BCUT2D eigenvalue weighted by molar-refractivity contribution is 7.89. The topological polar surface area (TPSA) is 101 Å². The zero-order chi connectivity index (χ0) is 18.5. The van der Waals surface area contributed by atoms with Crippen LogP contribution in [0.1, 0.15) is 62.7 Å². The number of hydrogen-bond acceptors (Lipinski definition) is 4. The summed E-state index contributed by atoms with van der Waals surface area (Å²) >= 11 is 0. The number of halogens is 1. The van der Waals surface area contributed by atoms with Gasteiger partial charge in [0.05, 0.1) is 4.90 Å². The number of carbonyl (C=O) groups is 1. The summed E-state index contributed by atoms with van der Waals surface area (Å²) in [5, 5.41) is 2.81. The van der Waals surface area contributed by atoms with Crippen LogP contribution < -0.4 is 15.8 Å². The van der Waals surface area contributed by atoms with Crippen LogP contribution in [0, 0.1) is 0 Å². The van der Waals surface area contributed by atoms with Crippen LogP contribution in [-0.2, 0) is 10.0 Å². The molecular weight excluding hydrogens is 374 g/mol. The maximum atomic E-state index is 12.5. The van der Waals surface area contributed by atoms with Crippen LogP contribution in [0.15, 0.2) is 29.2 Å². The van der Waals surface area contributed by atoms with Gasteiger partial charge in [-0.05, 0) is 43.9 Å². The van der Waals surface area contributed by atoms with Crippen molar-refractivity contribution in [3.05, 3.63) is 29.8 Å². The third-order valence-corrected chi connectivity index (χ3v) is 6.61. The molecule has 0 atom stereocenters. The Bertz CT molecular complexity index is 699. The van der Waals surface area contributed by atoms with Crippen LogP contribution in [0.4, 0.5) is 0 Å². The molecule has 8 heteroatoms. The van der Waals surface area contributed by atoms with Crippen molar-refractivity contribution in [3.8, 4) is 0 Å². The largest absolute Gasteiger partial charge is 0.350 e. The molecule has 2 rings (SSSR count). The van der Waals surface area contributed by atoms with Crippen LogP contribution in [-0.4, -0.2) is 32.5 Å². The molecule has 0 aromatic heterocycles. The van der Waals surface area contributed by atoms with Gasteiger partial charge in [0, 0.05) is 23.7 Å². The van der Waals surface area contributed by atoms with Gasteiger partial charge in [-0.3, -0.25) is 4.79 Å². The van der Waals surface area contributed by atoms with E-state index < -0.39 is 15.6 Å². The molecule has 0 heterocycles. The van der Waals surface area contributed by atoms with Gasteiger partial charge < -0.3 is 11.1 Å². The van der Waals surface area contributed by atoms with E-state index >= 15 is 0 Å². The molecule has 0 spiro atoms. The molecule has 4 N–H and O–H groups in total. The Morgan fingerprint density at radius 2 is 1.85 bits per heavy atom. The van der Waals surface area contributed by atoms with Crippen molar-refractivity contribution in [1.29, 1.82) is 0 Å². The molecule has 0 saturated heterocycles. The lowest BCUT2D eigenvalue weighted by Gasteiger charge is -2.26. The van der Waals surface area contributed by atoms with Gasteiger partial charge in [-0.2, -0.15) is 0 Å². The number of nitrogens with two attached hydrogens (primary N) is 1. The van der Waals surface area contributed by atoms with Crippen LogP contribution in [0.2, 0.25) is 0 Å². The van der Waals surface area contributed by atoms with Gasteiger partial charge in [-0.15, -0.1) is 12.4 Å². The van der Waals surface area contributed by atoms with E-state index in [1.807, 2.05) is 13.8 Å². The molecule has 0 unspecified atom stereocenters. The summed E-state index contributed by atoms with van der Waals surface area (Å²) in [6.45, 7) is 4.32. The highest BCUT2D eigenvalue weighted by atomic mass is 35.5. The highest BCUT2D eigenvalue weighted by Gasteiger charge is 2.24. The summed E-state index contributed by atoms with van der Waals surface area (Å²) in [5.74, 6) is -0.311. The molecule has 0 radical (unpaired) electrons. The van der Waals surface area contributed by atoms with Gasteiger partial charge in [0.25, 0.3) is 5.91 Å². The van der Waals surface area contributed by atoms with E-state index in [0.717, 1.165) is 38.5 Å². The standard InChI is InChI=1S/C18H29N3O3S.ClH/c1-3-18(19,4-2)13-20-17(22)14-8-7-11-16(12-14)25(23,24)21-15-9-5-6-10-15;/h7-8,11-12,15,21H,3-6,9-10,13,19H2,1-2H3,(H,20,22);1H. The van der Waals surface area contributed by atoms with Crippen molar-refractivity contribution < 1.29 is 13.2 Å². The maximum absolute atomic E-state index is 12.5. The lowest BCUT2D eigenvalue weighted by molar-refractivity contribution is 0.0942. The Balaban J connectivity index is 0.00000338. The predicted molar refractivity (Wildman–Crippen MR) is 106 cm³/mol. The fraction of sp³-hybridized carbons (Fsp3) is 0.611. The highest BCUT2D eigenvalue weighted by Crippen LogP contribution is 2.21. The van der Waals surface area contributed by atoms with E-state index in [1.54, 1.807) is 12.1 Å². The monoisotopic (exact) mass is 403 g/mol. The minimum atomic E-state index is -3.61. The molecule has 1 aromatic rings. The number of carbonyl (C=O) groups excluding carboxylic acids is 1. The summed E-state index contributed by atoms with van der Waals surface area (Å²) in [7, 11) is -3.61. The average Bonchev–Trinajstić information content (AvgIpc) is 3.11. The molecular formula is C18H30ClN3O3S. The Morgan fingerprint density at radius 3 is 2.42 bits per heavy atom. The number of nitrogens with one attached hydrogen (secondary N) is 2. The molecule has 0 bridgehead atoms. The summed E-state index contributed by atoms with van der Waals surface area (Å²) in [6, 6.07) is 6.13. The average molecular weight is 404 g/mol. The Hall–Kier alpha value is -1.15.